The van der Waals surface area contributed by atoms with E-state index >= 15 is 0 Å². The van der Waals surface area contributed by atoms with Gasteiger partial charge in [-0.3, -0.25) is 0 Å². The van der Waals surface area contributed by atoms with E-state index in [4.69, 9.17) is 0 Å². The Morgan fingerprint density at radius 2 is 2.07 bits per heavy atom. The van der Waals surface area contributed by atoms with E-state index in [0.29, 0.717) is 5.75 Å². The fourth-order valence-electron chi connectivity index (χ4n) is 1.60. The van der Waals surface area contributed by atoms with E-state index in [2.05, 4.69) is 35.1 Å². The fourth-order valence-corrected chi connectivity index (χ4v) is 1.96. The van der Waals surface area contributed by atoms with Gasteiger partial charge in [-0.2, -0.15) is 0 Å². The minimum atomic E-state index is -0.0669. The quantitative estimate of drug-likeness (QED) is 0.873. The van der Waals surface area contributed by atoms with Gasteiger partial charge in [0, 0.05) is 17.5 Å². The molecule has 2 nitrogen and oxygen atoms in total. The van der Waals surface area contributed by atoms with Crippen molar-refractivity contribution in [3.05, 3.63) is 28.2 Å². The normalized spacial score (nSPS) is 11.7. The van der Waals surface area contributed by atoms with E-state index in [1.54, 1.807) is 0 Å². The van der Waals surface area contributed by atoms with E-state index in [9.17, 15) is 5.11 Å². The molecule has 0 unspecified atom stereocenters. The van der Waals surface area contributed by atoms with Gasteiger partial charge in [0.2, 0.25) is 0 Å². The molecular formula is C11H16BrNO. The topological polar surface area (TPSA) is 32.3 Å². The minimum absolute atomic E-state index is 0.0669. The van der Waals surface area contributed by atoms with Crippen molar-refractivity contribution in [1.29, 1.82) is 0 Å². The summed E-state index contributed by atoms with van der Waals surface area (Å²) in [6.07, 6.45) is 0. The van der Waals surface area contributed by atoms with Crippen molar-refractivity contribution >= 4 is 15.9 Å². The molecule has 0 radical (unpaired) electrons. The van der Waals surface area contributed by atoms with Gasteiger partial charge in [-0.25, -0.2) is 0 Å². The second kappa shape index (κ2) is 4.32. The largest absolute Gasteiger partial charge is 0.506 e. The summed E-state index contributed by atoms with van der Waals surface area (Å²) in [7, 11) is 1.91. The van der Waals surface area contributed by atoms with Crippen molar-refractivity contribution < 1.29 is 5.11 Å². The lowest BCUT2D eigenvalue weighted by atomic mass is 9.84. The molecule has 0 bridgehead atoms. The first-order valence-corrected chi connectivity index (χ1v) is 5.41. The summed E-state index contributed by atoms with van der Waals surface area (Å²) < 4.78 is 0.749. The molecule has 1 aromatic rings. The average Bonchev–Trinajstić information content (AvgIpc) is 2.09. The van der Waals surface area contributed by atoms with Crippen LogP contribution < -0.4 is 5.32 Å². The summed E-state index contributed by atoms with van der Waals surface area (Å²) in [4.78, 5) is 0. The molecule has 2 N–H and O–H groups in total. The molecule has 0 saturated carbocycles. The van der Waals surface area contributed by atoms with Crippen LogP contribution in [0.5, 0.6) is 5.75 Å². The third-order valence-electron chi connectivity index (χ3n) is 2.33. The summed E-state index contributed by atoms with van der Waals surface area (Å²) in [5.74, 6) is 0.341. The molecule has 0 heterocycles. The molecule has 0 aliphatic heterocycles. The molecular weight excluding hydrogens is 242 g/mol. The Bertz CT molecular complexity index is 323. The zero-order chi connectivity index (χ0) is 10.8. The lowest BCUT2D eigenvalue weighted by Crippen LogP contribution is -2.30. The van der Waals surface area contributed by atoms with Gasteiger partial charge >= 0.3 is 0 Å². The number of rotatable bonds is 3. The Balaban J connectivity index is 3.12. The summed E-state index contributed by atoms with van der Waals surface area (Å²) >= 11 is 3.32. The van der Waals surface area contributed by atoms with E-state index in [-0.39, 0.29) is 5.41 Å². The van der Waals surface area contributed by atoms with Crippen molar-refractivity contribution in [2.75, 3.05) is 13.6 Å². The van der Waals surface area contributed by atoms with Gasteiger partial charge in [0.05, 0.1) is 4.47 Å². The van der Waals surface area contributed by atoms with Crippen molar-refractivity contribution in [3.8, 4) is 5.75 Å². The smallest absolute Gasteiger partial charge is 0.133 e. The molecule has 1 aromatic carbocycles. The number of likely N-dealkylation sites (N-methyl/N-ethyl adjacent to an activating group) is 1. The van der Waals surface area contributed by atoms with Crippen molar-refractivity contribution in [1.82, 2.24) is 5.32 Å². The lowest BCUT2D eigenvalue weighted by Gasteiger charge is -2.26. The van der Waals surface area contributed by atoms with Crippen LogP contribution in [0, 0.1) is 0 Å². The second-order valence-corrected chi connectivity index (χ2v) is 4.90. The van der Waals surface area contributed by atoms with Crippen molar-refractivity contribution in [2.45, 2.75) is 19.3 Å². The highest BCUT2D eigenvalue weighted by Crippen LogP contribution is 2.35. The van der Waals surface area contributed by atoms with Crippen LogP contribution in [-0.2, 0) is 5.41 Å². The van der Waals surface area contributed by atoms with Crippen LogP contribution in [0.3, 0.4) is 0 Å². The molecule has 78 valence electrons. The molecule has 0 aromatic heterocycles. The monoisotopic (exact) mass is 257 g/mol. The predicted octanol–water partition coefficient (Wildman–Crippen LogP) is 2.65. The van der Waals surface area contributed by atoms with Gasteiger partial charge < -0.3 is 10.4 Å². The minimum Gasteiger partial charge on any atom is -0.506 e. The van der Waals surface area contributed by atoms with E-state index in [1.807, 2.05) is 25.2 Å². The summed E-state index contributed by atoms with van der Waals surface area (Å²) in [6.45, 7) is 5.03. The Morgan fingerprint density at radius 3 is 2.64 bits per heavy atom. The first kappa shape index (κ1) is 11.5. The zero-order valence-electron chi connectivity index (χ0n) is 8.76. The van der Waals surface area contributed by atoms with Gasteiger partial charge in [0.1, 0.15) is 5.75 Å². The van der Waals surface area contributed by atoms with Gasteiger partial charge in [0.15, 0.2) is 0 Å². The SMILES string of the molecule is CNCC(C)(C)c1cccc(Br)c1O. The summed E-state index contributed by atoms with van der Waals surface area (Å²) in [6, 6.07) is 5.74. The Kier molecular flexibility index (Phi) is 3.56. The number of aromatic hydroxyl groups is 1. The highest BCUT2D eigenvalue weighted by molar-refractivity contribution is 9.10. The van der Waals surface area contributed by atoms with Crippen LogP contribution in [0.1, 0.15) is 19.4 Å². The summed E-state index contributed by atoms with van der Waals surface area (Å²) in [5, 5.41) is 13.0. The van der Waals surface area contributed by atoms with Crippen LogP contribution in [0.2, 0.25) is 0 Å². The van der Waals surface area contributed by atoms with Gasteiger partial charge in [0.25, 0.3) is 0 Å². The van der Waals surface area contributed by atoms with Crippen molar-refractivity contribution in [3.63, 3.8) is 0 Å². The average molecular weight is 258 g/mol. The lowest BCUT2D eigenvalue weighted by molar-refractivity contribution is 0.424. The number of hydrogen-bond acceptors (Lipinski definition) is 2. The maximum atomic E-state index is 9.89. The van der Waals surface area contributed by atoms with Gasteiger partial charge in [-0.05, 0) is 29.0 Å². The number of hydrogen-bond donors (Lipinski definition) is 2. The molecule has 3 heteroatoms. The highest BCUT2D eigenvalue weighted by Gasteiger charge is 2.23. The number of nitrogens with one attached hydrogen (secondary N) is 1. The Morgan fingerprint density at radius 1 is 1.43 bits per heavy atom. The number of phenolic OH excluding ortho intramolecular Hbond substituents is 1. The van der Waals surface area contributed by atoms with Crippen LogP contribution >= 0.6 is 15.9 Å². The molecule has 1 rings (SSSR count). The maximum Gasteiger partial charge on any atom is 0.133 e. The molecule has 0 atom stereocenters. The van der Waals surface area contributed by atoms with Crippen LogP contribution in [-0.4, -0.2) is 18.7 Å². The Labute approximate surface area is 93.5 Å². The first-order chi connectivity index (χ1) is 6.49. The predicted molar refractivity (Wildman–Crippen MR) is 62.8 cm³/mol. The first-order valence-electron chi connectivity index (χ1n) is 4.61. The number of halogens is 1. The number of phenols is 1. The van der Waals surface area contributed by atoms with Gasteiger partial charge in [-0.1, -0.05) is 26.0 Å². The zero-order valence-corrected chi connectivity index (χ0v) is 10.4. The standard InChI is InChI=1S/C11H16BrNO/c1-11(2,7-13-3)8-5-4-6-9(12)10(8)14/h4-6,13-14H,7H2,1-3H3. The fraction of sp³-hybridized carbons (Fsp3) is 0.455. The van der Waals surface area contributed by atoms with E-state index in [0.717, 1.165) is 16.6 Å². The number of para-hydroxylation sites is 1. The molecule has 0 saturated heterocycles. The third-order valence-corrected chi connectivity index (χ3v) is 2.97. The number of benzene rings is 1. The maximum absolute atomic E-state index is 9.89. The third kappa shape index (κ3) is 2.28. The molecule has 0 spiro atoms. The van der Waals surface area contributed by atoms with Crippen LogP contribution in [0.4, 0.5) is 0 Å². The van der Waals surface area contributed by atoms with Crippen LogP contribution in [0.15, 0.2) is 22.7 Å². The molecule has 0 aliphatic carbocycles. The molecule has 14 heavy (non-hydrogen) atoms. The van der Waals surface area contributed by atoms with Crippen molar-refractivity contribution in [2.24, 2.45) is 0 Å². The summed E-state index contributed by atoms with van der Waals surface area (Å²) in [5.41, 5.74) is 0.893. The van der Waals surface area contributed by atoms with Crippen LogP contribution in [0.25, 0.3) is 0 Å². The molecule has 0 fully saturated rings. The highest BCUT2D eigenvalue weighted by atomic mass is 79.9. The Hall–Kier alpha value is -0.540. The molecule has 0 amide bonds. The molecule has 0 aliphatic rings. The second-order valence-electron chi connectivity index (χ2n) is 4.05. The van der Waals surface area contributed by atoms with E-state index in [1.165, 1.54) is 0 Å². The van der Waals surface area contributed by atoms with Gasteiger partial charge in [-0.15, -0.1) is 0 Å². The van der Waals surface area contributed by atoms with E-state index < -0.39 is 0 Å².